The van der Waals surface area contributed by atoms with Crippen molar-refractivity contribution in [2.24, 2.45) is 5.92 Å². The quantitative estimate of drug-likeness (QED) is 0.548. The van der Waals surface area contributed by atoms with Crippen LogP contribution in [-0.4, -0.2) is 54.5 Å². The van der Waals surface area contributed by atoms with Crippen LogP contribution >= 0.6 is 0 Å². The molecule has 3 aliphatic rings. The molecule has 0 aliphatic carbocycles. The molecule has 0 aromatic rings. The van der Waals surface area contributed by atoms with E-state index in [0.717, 1.165) is 25.9 Å². The van der Waals surface area contributed by atoms with E-state index in [1.807, 2.05) is 4.90 Å². The summed E-state index contributed by atoms with van der Waals surface area (Å²) in [4.78, 5) is 37.4. The molecule has 4 amide bonds. The molecular formula is C13H20N4O3. The molecule has 3 heterocycles. The second-order valence-electron chi connectivity index (χ2n) is 5.84. The molecule has 3 aliphatic heterocycles. The molecule has 110 valence electrons. The number of carbonyl (C=O) groups is 3. The maximum absolute atomic E-state index is 12.4. The van der Waals surface area contributed by atoms with Crippen molar-refractivity contribution in [2.75, 3.05) is 26.2 Å². The molecule has 3 N–H and O–H groups in total. The molecule has 0 bridgehead atoms. The minimum absolute atomic E-state index is 0.109. The highest BCUT2D eigenvalue weighted by molar-refractivity contribution is 6.07. The van der Waals surface area contributed by atoms with Crippen LogP contribution in [0.25, 0.3) is 0 Å². The molecule has 0 aromatic carbocycles. The van der Waals surface area contributed by atoms with Gasteiger partial charge in [0.25, 0.3) is 5.91 Å². The van der Waals surface area contributed by atoms with E-state index < -0.39 is 11.6 Å². The summed E-state index contributed by atoms with van der Waals surface area (Å²) in [6, 6.07) is -0.423. The molecule has 20 heavy (non-hydrogen) atoms. The minimum atomic E-state index is -0.790. The summed E-state index contributed by atoms with van der Waals surface area (Å²) in [5.74, 6) is 0.0554. The highest BCUT2D eigenvalue weighted by Crippen LogP contribution is 2.27. The van der Waals surface area contributed by atoms with E-state index in [2.05, 4.69) is 16.0 Å². The third-order valence-corrected chi connectivity index (χ3v) is 4.63. The van der Waals surface area contributed by atoms with Gasteiger partial charge in [0.15, 0.2) is 0 Å². The Labute approximate surface area is 117 Å². The van der Waals surface area contributed by atoms with Crippen LogP contribution in [0.3, 0.4) is 0 Å². The van der Waals surface area contributed by atoms with Crippen molar-refractivity contribution < 1.29 is 14.4 Å². The maximum Gasteiger partial charge on any atom is 0.322 e. The first-order valence-corrected chi connectivity index (χ1v) is 7.24. The zero-order valence-electron chi connectivity index (χ0n) is 11.4. The lowest BCUT2D eigenvalue weighted by Gasteiger charge is -2.38. The molecule has 0 radical (unpaired) electrons. The average molecular weight is 280 g/mol. The Balaban J connectivity index is 1.59. The fourth-order valence-electron chi connectivity index (χ4n) is 3.32. The molecule has 0 atom stereocenters. The molecule has 3 fully saturated rings. The van der Waals surface area contributed by atoms with Crippen LogP contribution in [-0.2, 0) is 9.59 Å². The van der Waals surface area contributed by atoms with Crippen molar-refractivity contribution in [2.45, 2.75) is 31.2 Å². The van der Waals surface area contributed by atoms with Crippen LogP contribution in [0.2, 0.25) is 0 Å². The van der Waals surface area contributed by atoms with Gasteiger partial charge in [0.2, 0.25) is 5.91 Å². The lowest BCUT2D eigenvalue weighted by atomic mass is 9.86. The monoisotopic (exact) mass is 280 g/mol. The average Bonchev–Trinajstić information content (AvgIpc) is 2.74. The summed E-state index contributed by atoms with van der Waals surface area (Å²) >= 11 is 0. The van der Waals surface area contributed by atoms with E-state index >= 15 is 0 Å². The fraction of sp³-hybridized carbons (Fsp3) is 0.769. The van der Waals surface area contributed by atoms with E-state index in [9.17, 15) is 14.4 Å². The Kier molecular flexibility index (Phi) is 3.37. The number of nitrogens with zero attached hydrogens (tertiary/aromatic N) is 1. The van der Waals surface area contributed by atoms with Gasteiger partial charge in [0.1, 0.15) is 5.54 Å². The number of amides is 4. The van der Waals surface area contributed by atoms with Crippen molar-refractivity contribution >= 4 is 17.8 Å². The Morgan fingerprint density at radius 3 is 2.35 bits per heavy atom. The Bertz CT molecular complexity index is 437. The summed E-state index contributed by atoms with van der Waals surface area (Å²) < 4.78 is 0. The summed E-state index contributed by atoms with van der Waals surface area (Å²) in [6.45, 7) is 2.87. The third kappa shape index (κ3) is 2.26. The Morgan fingerprint density at radius 1 is 1.15 bits per heavy atom. The number of piperidine rings is 2. The smallest absolute Gasteiger partial charge is 0.322 e. The SMILES string of the molecule is O=C1NC(=O)C2(CCN(C(=O)C3CCNCC3)CC2)N1. The van der Waals surface area contributed by atoms with Gasteiger partial charge in [-0.05, 0) is 38.8 Å². The minimum Gasteiger partial charge on any atom is -0.342 e. The van der Waals surface area contributed by atoms with Gasteiger partial charge in [0, 0.05) is 19.0 Å². The molecule has 1 spiro atoms. The Hall–Kier alpha value is -1.63. The number of hydrogen-bond acceptors (Lipinski definition) is 4. The summed E-state index contributed by atoms with van der Waals surface area (Å²) in [5.41, 5.74) is -0.790. The number of carbonyl (C=O) groups excluding carboxylic acids is 3. The lowest BCUT2D eigenvalue weighted by Crippen LogP contribution is -2.56. The first-order valence-electron chi connectivity index (χ1n) is 7.24. The number of nitrogens with one attached hydrogen (secondary N) is 3. The lowest BCUT2D eigenvalue weighted by molar-refractivity contribution is -0.140. The highest BCUT2D eigenvalue weighted by Gasteiger charge is 2.48. The molecule has 7 nitrogen and oxygen atoms in total. The summed E-state index contributed by atoms with van der Waals surface area (Å²) in [7, 11) is 0. The molecule has 3 saturated heterocycles. The number of imide groups is 1. The van der Waals surface area contributed by atoms with Crippen molar-refractivity contribution in [1.82, 2.24) is 20.9 Å². The van der Waals surface area contributed by atoms with Crippen molar-refractivity contribution in [1.29, 1.82) is 0 Å². The van der Waals surface area contributed by atoms with Crippen molar-refractivity contribution in [3.05, 3.63) is 0 Å². The number of rotatable bonds is 1. The van der Waals surface area contributed by atoms with Gasteiger partial charge in [-0.2, -0.15) is 0 Å². The first kappa shape index (κ1) is 13.4. The van der Waals surface area contributed by atoms with Crippen LogP contribution in [0.4, 0.5) is 4.79 Å². The fourth-order valence-corrected chi connectivity index (χ4v) is 3.32. The predicted octanol–water partition coefficient (Wildman–Crippen LogP) is -0.813. The van der Waals surface area contributed by atoms with Gasteiger partial charge < -0.3 is 15.5 Å². The normalized spacial score (nSPS) is 26.5. The molecule has 0 aromatic heterocycles. The largest absolute Gasteiger partial charge is 0.342 e. The van der Waals surface area contributed by atoms with Crippen molar-refractivity contribution in [3.8, 4) is 0 Å². The molecule has 0 unspecified atom stereocenters. The zero-order valence-corrected chi connectivity index (χ0v) is 11.4. The third-order valence-electron chi connectivity index (χ3n) is 4.63. The highest BCUT2D eigenvalue weighted by atomic mass is 16.2. The zero-order chi connectivity index (χ0) is 14.2. The van der Waals surface area contributed by atoms with Crippen LogP contribution in [0.1, 0.15) is 25.7 Å². The van der Waals surface area contributed by atoms with Gasteiger partial charge in [-0.3, -0.25) is 14.9 Å². The number of urea groups is 1. The topological polar surface area (TPSA) is 90.5 Å². The Morgan fingerprint density at radius 2 is 1.80 bits per heavy atom. The number of likely N-dealkylation sites (tertiary alicyclic amines) is 1. The van der Waals surface area contributed by atoms with Crippen LogP contribution in [0.5, 0.6) is 0 Å². The second kappa shape index (κ2) is 5.05. The number of hydrogen-bond donors (Lipinski definition) is 3. The van der Waals surface area contributed by atoms with E-state index in [1.165, 1.54) is 0 Å². The summed E-state index contributed by atoms with van der Waals surface area (Å²) in [5, 5.41) is 8.25. The van der Waals surface area contributed by atoms with E-state index in [4.69, 9.17) is 0 Å². The maximum atomic E-state index is 12.4. The van der Waals surface area contributed by atoms with Crippen LogP contribution in [0.15, 0.2) is 0 Å². The predicted molar refractivity (Wildman–Crippen MR) is 70.8 cm³/mol. The van der Waals surface area contributed by atoms with Gasteiger partial charge in [-0.25, -0.2) is 4.79 Å². The van der Waals surface area contributed by atoms with Crippen LogP contribution in [0, 0.1) is 5.92 Å². The van der Waals surface area contributed by atoms with Crippen LogP contribution < -0.4 is 16.0 Å². The summed E-state index contributed by atoms with van der Waals surface area (Å²) in [6.07, 6.45) is 2.78. The van der Waals surface area contributed by atoms with Gasteiger partial charge in [-0.15, -0.1) is 0 Å². The molecule has 3 rings (SSSR count). The van der Waals surface area contributed by atoms with E-state index in [-0.39, 0.29) is 17.7 Å². The van der Waals surface area contributed by atoms with Gasteiger partial charge >= 0.3 is 6.03 Å². The first-order chi connectivity index (χ1) is 9.61. The van der Waals surface area contributed by atoms with Gasteiger partial charge in [-0.1, -0.05) is 0 Å². The van der Waals surface area contributed by atoms with Crippen molar-refractivity contribution in [3.63, 3.8) is 0 Å². The van der Waals surface area contributed by atoms with Gasteiger partial charge in [0.05, 0.1) is 0 Å². The molecule has 0 saturated carbocycles. The van der Waals surface area contributed by atoms with E-state index in [0.29, 0.717) is 25.9 Å². The molecular weight excluding hydrogens is 260 g/mol. The molecule has 7 heteroatoms. The second-order valence-corrected chi connectivity index (χ2v) is 5.84. The van der Waals surface area contributed by atoms with E-state index in [1.54, 1.807) is 0 Å². The standard InChI is InChI=1S/C13H20N4O3/c18-10(9-1-5-14-6-2-9)17-7-3-13(4-8-17)11(19)15-12(20)16-13/h9,14H,1-8H2,(H2,15,16,19,20).